The number of thioether (sulfide) groups is 1. The highest BCUT2D eigenvalue weighted by atomic mass is 32.2. The van der Waals surface area contributed by atoms with Crippen LogP contribution in [0.1, 0.15) is 17.2 Å². The lowest BCUT2D eigenvalue weighted by Gasteiger charge is -2.37. The normalized spacial score (nSPS) is 15.4. The molecule has 0 bridgehead atoms. The minimum Gasteiger partial charge on any atom is -0.484 e. The third-order valence-corrected chi connectivity index (χ3v) is 5.77. The molecule has 0 radical (unpaired) electrons. The smallest absolute Gasteiger partial charge is 0.265 e. The van der Waals surface area contributed by atoms with Crippen molar-refractivity contribution in [1.29, 1.82) is 5.26 Å². The minimum atomic E-state index is -0.0917. The third-order valence-electron chi connectivity index (χ3n) is 4.63. The van der Waals surface area contributed by atoms with Crippen LogP contribution in [-0.4, -0.2) is 18.3 Å². The second-order valence-electron chi connectivity index (χ2n) is 6.39. The molecule has 1 aliphatic rings. The summed E-state index contributed by atoms with van der Waals surface area (Å²) in [5, 5.41) is 8.89. The molecule has 3 aromatic carbocycles. The fraction of sp³-hybridized carbons (Fsp3) is 0.130. The minimum absolute atomic E-state index is 0.0434. The molecule has 1 atom stereocenters. The largest absolute Gasteiger partial charge is 0.484 e. The van der Waals surface area contributed by atoms with E-state index in [0.29, 0.717) is 11.3 Å². The predicted molar refractivity (Wildman–Crippen MR) is 110 cm³/mol. The molecular formula is C23H18N2O2S. The van der Waals surface area contributed by atoms with E-state index < -0.39 is 0 Å². The molecule has 1 amide bonds. The van der Waals surface area contributed by atoms with Crippen molar-refractivity contribution in [2.75, 3.05) is 17.3 Å². The van der Waals surface area contributed by atoms with E-state index in [1.54, 1.807) is 36.0 Å². The molecule has 0 aromatic heterocycles. The van der Waals surface area contributed by atoms with Gasteiger partial charge in [-0.3, -0.25) is 9.69 Å². The van der Waals surface area contributed by atoms with E-state index in [9.17, 15) is 4.79 Å². The number of ether oxygens (including phenoxy) is 1. The Kier molecular flexibility index (Phi) is 5.31. The Balaban J connectivity index is 1.59. The highest BCUT2D eigenvalue weighted by molar-refractivity contribution is 7.99. The van der Waals surface area contributed by atoms with Gasteiger partial charge in [-0.15, -0.1) is 11.8 Å². The number of hydrogen-bond donors (Lipinski definition) is 0. The van der Waals surface area contributed by atoms with Gasteiger partial charge in [-0.1, -0.05) is 42.5 Å². The van der Waals surface area contributed by atoms with Crippen LogP contribution in [0.5, 0.6) is 5.75 Å². The Morgan fingerprint density at radius 2 is 1.75 bits per heavy atom. The lowest BCUT2D eigenvalue weighted by atomic mass is 10.1. The van der Waals surface area contributed by atoms with Crippen LogP contribution in [0, 0.1) is 11.3 Å². The first kappa shape index (κ1) is 18.1. The number of fused-ring (bicyclic) bond motifs is 1. The van der Waals surface area contributed by atoms with Gasteiger partial charge in [0.05, 0.1) is 23.4 Å². The van der Waals surface area contributed by atoms with E-state index in [4.69, 9.17) is 10.00 Å². The summed E-state index contributed by atoms with van der Waals surface area (Å²) in [4.78, 5) is 16.1. The van der Waals surface area contributed by atoms with Crippen molar-refractivity contribution < 1.29 is 9.53 Å². The SMILES string of the molecule is N#Cc1ccc(OCC(=O)N2c3ccccc3SC[C@H]2c2ccccc2)cc1. The molecule has 4 rings (SSSR count). The molecule has 1 aliphatic heterocycles. The van der Waals surface area contributed by atoms with Gasteiger partial charge in [-0.05, 0) is 42.0 Å². The molecule has 0 unspecified atom stereocenters. The number of hydrogen-bond acceptors (Lipinski definition) is 4. The standard InChI is InChI=1S/C23H18N2O2S/c24-14-17-10-12-19(13-11-17)27-15-23(26)25-20-8-4-5-9-22(20)28-16-21(25)18-6-2-1-3-7-18/h1-13,21H,15-16H2/t21-/m0/s1. The summed E-state index contributed by atoms with van der Waals surface area (Å²) >= 11 is 1.77. The van der Waals surface area contributed by atoms with Crippen LogP contribution in [0.15, 0.2) is 83.8 Å². The zero-order chi connectivity index (χ0) is 19.3. The third kappa shape index (κ3) is 3.73. The molecule has 0 aliphatic carbocycles. The molecular weight excluding hydrogens is 368 g/mol. The molecule has 0 N–H and O–H groups in total. The van der Waals surface area contributed by atoms with E-state index >= 15 is 0 Å². The van der Waals surface area contributed by atoms with E-state index in [1.165, 1.54) is 0 Å². The van der Waals surface area contributed by atoms with Crippen LogP contribution in [0.4, 0.5) is 5.69 Å². The summed E-state index contributed by atoms with van der Waals surface area (Å²) in [5.74, 6) is 1.28. The van der Waals surface area contributed by atoms with Crippen molar-refractivity contribution in [3.05, 3.63) is 90.0 Å². The monoisotopic (exact) mass is 386 g/mol. The van der Waals surface area contributed by atoms with Gasteiger partial charge >= 0.3 is 0 Å². The summed E-state index contributed by atoms with van der Waals surface area (Å²) in [6, 6.07) is 26.9. The molecule has 28 heavy (non-hydrogen) atoms. The first-order valence-electron chi connectivity index (χ1n) is 8.98. The highest BCUT2D eigenvalue weighted by Gasteiger charge is 2.32. The topological polar surface area (TPSA) is 53.3 Å². The molecule has 0 saturated heterocycles. The van der Waals surface area contributed by atoms with Gasteiger partial charge in [0.25, 0.3) is 5.91 Å². The Labute approximate surface area is 168 Å². The second-order valence-corrected chi connectivity index (χ2v) is 7.46. The first-order chi connectivity index (χ1) is 13.8. The van der Waals surface area contributed by atoms with Crippen molar-refractivity contribution in [2.24, 2.45) is 0 Å². The maximum Gasteiger partial charge on any atom is 0.265 e. The second kappa shape index (κ2) is 8.20. The average molecular weight is 386 g/mol. The van der Waals surface area contributed by atoms with Crippen molar-refractivity contribution >= 4 is 23.4 Å². The number of carbonyl (C=O) groups excluding carboxylic acids is 1. The predicted octanol–water partition coefficient (Wildman–Crippen LogP) is 4.82. The van der Waals surface area contributed by atoms with Gasteiger partial charge in [0.1, 0.15) is 5.75 Å². The van der Waals surface area contributed by atoms with Crippen molar-refractivity contribution in [2.45, 2.75) is 10.9 Å². The summed E-state index contributed by atoms with van der Waals surface area (Å²) in [6.45, 7) is -0.0613. The Morgan fingerprint density at radius 1 is 1.04 bits per heavy atom. The van der Waals surface area contributed by atoms with Crippen LogP contribution >= 0.6 is 11.8 Å². The zero-order valence-corrected chi connectivity index (χ0v) is 15.9. The van der Waals surface area contributed by atoms with Gasteiger partial charge < -0.3 is 4.74 Å². The van der Waals surface area contributed by atoms with Crippen molar-refractivity contribution in [1.82, 2.24) is 0 Å². The molecule has 138 valence electrons. The molecule has 3 aromatic rings. The number of rotatable bonds is 4. The molecule has 0 fully saturated rings. The summed E-state index contributed by atoms with van der Waals surface area (Å²) < 4.78 is 5.71. The van der Waals surface area contributed by atoms with E-state index in [-0.39, 0.29) is 18.6 Å². The molecule has 5 heteroatoms. The molecule has 0 spiro atoms. The van der Waals surface area contributed by atoms with Gasteiger partial charge in [0, 0.05) is 10.6 Å². The Hall–Kier alpha value is -3.23. The molecule has 1 heterocycles. The maximum atomic E-state index is 13.2. The summed E-state index contributed by atoms with van der Waals surface area (Å²) in [6.07, 6.45) is 0. The highest BCUT2D eigenvalue weighted by Crippen LogP contribution is 2.43. The first-order valence-corrected chi connectivity index (χ1v) is 9.96. The Bertz CT molecular complexity index is 1010. The summed E-state index contributed by atoms with van der Waals surface area (Å²) in [5.41, 5.74) is 2.59. The number of nitriles is 1. The fourth-order valence-corrected chi connectivity index (χ4v) is 4.43. The Morgan fingerprint density at radius 3 is 2.50 bits per heavy atom. The number of nitrogens with zero attached hydrogens (tertiary/aromatic N) is 2. The average Bonchev–Trinajstić information content (AvgIpc) is 2.77. The number of para-hydroxylation sites is 1. The van der Waals surface area contributed by atoms with Crippen LogP contribution in [0.2, 0.25) is 0 Å². The van der Waals surface area contributed by atoms with Crippen LogP contribution in [-0.2, 0) is 4.79 Å². The van der Waals surface area contributed by atoms with Gasteiger partial charge in [0.15, 0.2) is 6.61 Å². The van der Waals surface area contributed by atoms with Crippen molar-refractivity contribution in [3.8, 4) is 11.8 Å². The van der Waals surface area contributed by atoms with Gasteiger partial charge in [-0.25, -0.2) is 0 Å². The lowest BCUT2D eigenvalue weighted by Crippen LogP contribution is -2.41. The number of benzene rings is 3. The molecule has 4 nitrogen and oxygen atoms in total. The number of anilines is 1. The van der Waals surface area contributed by atoms with Crippen LogP contribution in [0.3, 0.4) is 0 Å². The van der Waals surface area contributed by atoms with Crippen molar-refractivity contribution in [3.63, 3.8) is 0 Å². The number of amides is 1. The maximum absolute atomic E-state index is 13.2. The summed E-state index contributed by atoms with van der Waals surface area (Å²) in [7, 11) is 0. The molecule has 0 saturated carbocycles. The van der Waals surface area contributed by atoms with E-state index in [2.05, 4.69) is 18.2 Å². The van der Waals surface area contributed by atoms with Crippen LogP contribution < -0.4 is 9.64 Å². The zero-order valence-electron chi connectivity index (χ0n) is 15.1. The van der Waals surface area contributed by atoms with Gasteiger partial charge in [-0.2, -0.15) is 5.26 Å². The quantitative estimate of drug-likeness (QED) is 0.645. The van der Waals surface area contributed by atoms with Gasteiger partial charge in [0.2, 0.25) is 0 Å². The van der Waals surface area contributed by atoms with E-state index in [1.807, 2.05) is 47.4 Å². The van der Waals surface area contributed by atoms with E-state index in [0.717, 1.165) is 21.9 Å². The van der Waals surface area contributed by atoms with Crippen LogP contribution in [0.25, 0.3) is 0 Å². The fourth-order valence-electron chi connectivity index (χ4n) is 3.26. The lowest BCUT2D eigenvalue weighted by molar-refractivity contribution is -0.121. The number of carbonyl (C=O) groups is 1.